The molecule has 3 amide bonds. The molecule has 15 aliphatic carbocycles. The van der Waals surface area contributed by atoms with E-state index in [0.29, 0.717) is 32.1 Å². The van der Waals surface area contributed by atoms with Gasteiger partial charge in [0.25, 0.3) is 9.70 Å². The van der Waals surface area contributed by atoms with Gasteiger partial charge < -0.3 is 34.7 Å². The Balaban J connectivity index is 0.000000180. The van der Waals surface area contributed by atoms with Gasteiger partial charge in [0, 0.05) is 66.3 Å². The van der Waals surface area contributed by atoms with Crippen molar-refractivity contribution < 1.29 is 60.5 Å². The largest absolute Gasteiger partial charge is 0.443 e. The lowest BCUT2D eigenvalue weighted by molar-refractivity contribution is -0.194. The van der Waals surface area contributed by atoms with E-state index in [2.05, 4.69) is 124 Å². The minimum atomic E-state index is -2.32. The Morgan fingerprint density at radius 1 is 0.456 bits per heavy atom. The van der Waals surface area contributed by atoms with Gasteiger partial charge in [-0.3, -0.25) is 24.5 Å². The number of nitrogens with one attached hydrogen (secondary N) is 1. The van der Waals surface area contributed by atoms with E-state index >= 15 is 0 Å². The number of carbonyl (C=O) groups is 9. The summed E-state index contributed by atoms with van der Waals surface area (Å²) in [6.45, 7) is 62.2. The van der Waals surface area contributed by atoms with E-state index in [4.69, 9.17) is 72.5 Å². The lowest BCUT2D eigenvalue weighted by Crippen LogP contribution is -2.66. The van der Waals surface area contributed by atoms with Gasteiger partial charge >= 0.3 is 12.2 Å². The molecule has 0 radical (unpaired) electrons. The summed E-state index contributed by atoms with van der Waals surface area (Å²) in [5.74, 6) is -2.77. The van der Waals surface area contributed by atoms with Crippen molar-refractivity contribution in [3.63, 3.8) is 0 Å². The third-order valence-electron chi connectivity index (χ3n) is 35.3. The SMILES string of the molecule is C.[3H]C.[3H]C.[C-]#[N+]C1=C[C@]2(C)C3=CC(=O)[C@@H]4[C@@H]5CC(C)(C)CC[C@]5(O)CC[C@@]4(C)[C@]3(C)CC[C@H]2[C@H](C)C1=O.[C-]#[N+]C1=C[C@]2(C)C3=CC(=O)[C@@H]4[C@@H]5CC(C)(C)CC[C@]5(OC(=O)NC(=O)C(Cl)(Cl)Cl)CC[C@@]4(C)[C@]3(C)CC[C@H]2[C@H](C)C1=O.[C-]#[N+]C1=C[C@]2(C)C3=CC(=O)[C@@H]4[C@@H]5CC(C)(C)CC[C@]5(OC(N)=O)CC[C@@]4(C)[C@]3(C)CC[C@H]2[C@H](C)C1=O. The van der Waals surface area contributed by atoms with Gasteiger partial charge in [-0.25, -0.2) is 24.1 Å². The van der Waals surface area contributed by atoms with Crippen molar-refractivity contribution >= 4 is 87.6 Å². The highest BCUT2D eigenvalue weighted by atomic mass is 35.6. The molecule has 0 heterocycles. The number of nitrogens with two attached hydrogens (primary N) is 1. The van der Waals surface area contributed by atoms with Gasteiger partial charge in [-0.15, -0.1) is 0 Å². The molecule has 114 heavy (non-hydrogen) atoms. The number of alkyl halides is 3. The lowest BCUT2D eigenvalue weighted by Gasteiger charge is -2.68. The third-order valence-corrected chi connectivity index (χ3v) is 35.9. The van der Waals surface area contributed by atoms with Crippen LogP contribution in [0.5, 0.6) is 0 Å². The van der Waals surface area contributed by atoms with Crippen LogP contribution in [0, 0.1) is 156 Å². The molecule has 0 saturated heterocycles. The quantitative estimate of drug-likeness (QED) is 0.173. The number of imide groups is 1. The molecule has 0 aromatic carbocycles. The van der Waals surface area contributed by atoms with Gasteiger partial charge in [-0.2, -0.15) is 0 Å². The number of amides is 3. The Bertz CT molecular complexity index is 4470. The number of hydrogen-bond donors (Lipinski definition) is 3. The van der Waals surface area contributed by atoms with Crippen LogP contribution in [0.1, 0.15) is 284 Å². The first kappa shape index (κ1) is 87.3. The number of ether oxygens (including phenoxy) is 2. The van der Waals surface area contributed by atoms with Crippen LogP contribution in [0.15, 0.2) is 70.3 Å². The molecule has 624 valence electrons. The predicted molar refractivity (Wildman–Crippen MR) is 445 cm³/mol. The molecule has 20 heteroatoms. The minimum Gasteiger partial charge on any atom is -0.443 e. The zero-order valence-corrected chi connectivity index (χ0v) is 73.0. The van der Waals surface area contributed by atoms with Crippen LogP contribution in [0.25, 0.3) is 14.5 Å². The molecule has 24 atom stereocenters. The third kappa shape index (κ3) is 13.1. The molecule has 0 aliphatic heterocycles. The van der Waals surface area contributed by atoms with E-state index in [9.17, 15) is 48.3 Å². The van der Waals surface area contributed by atoms with E-state index in [1.165, 1.54) is 14.8 Å². The van der Waals surface area contributed by atoms with Gasteiger partial charge in [0.1, 0.15) is 11.2 Å². The first-order valence-corrected chi connectivity index (χ1v) is 42.3. The van der Waals surface area contributed by atoms with Crippen LogP contribution >= 0.6 is 34.8 Å². The summed E-state index contributed by atoms with van der Waals surface area (Å²) in [5.41, 5.74) is 3.79. The normalized spacial score (nSPS) is 45.3. The summed E-state index contributed by atoms with van der Waals surface area (Å²) in [5, 5.41) is 13.8. The Kier molecular flexibility index (Phi) is 22.1. The van der Waals surface area contributed by atoms with E-state index in [0.717, 1.165) is 119 Å². The zero-order valence-electron chi connectivity index (χ0n) is 72.7. The van der Waals surface area contributed by atoms with Gasteiger partial charge in [-0.1, -0.05) is 217 Å². The summed E-state index contributed by atoms with van der Waals surface area (Å²) in [6, 6.07) is 0. The smallest absolute Gasteiger partial charge is 0.414 e. The highest BCUT2D eigenvalue weighted by Crippen LogP contribution is 2.77. The molecule has 0 spiro atoms. The maximum atomic E-state index is 14.5. The van der Waals surface area contributed by atoms with Crippen LogP contribution in [0.4, 0.5) is 9.59 Å². The van der Waals surface area contributed by atoms with Gasteiger partial charge in [0.05, 0.1) is 25.3 Å². The highest BCUT2D eigenvalue weighted by molar-refractivity contribution is 6.76. The molecular formula is C94H130Cl3N5O12. The van der Waals surface area contributed by atoms with E-state index < -0.39 is 66.3 Å². The van der Waals surface area contributed by atoms with Crippen molar-refractivity contribution in [2.75, 3.05) is 0 Å². The average molecular weight is 1630 g/mol. The number of allylic oxidation sites excluding steroid dienone is 12. The van der Waals surface area contributed by atoms with Crippen LogP contribution < -0.4 is 11.1 Å². The number of nitrogens with zero attached hydrogens (tertiary/aromatic N) is 3. The molecule has 15 rings (SSSR count). The summed E-state index contributed by atoms with van der Waals surface area (Å²) in [6.07, 6.45) is 26.2. The number of aliphatic hydroxyl groups is 1. The van der Waals surface area contributed by atoms with Crippen molar-refractivity contribution in [1.82, 2.24) is 5.32 Å². The van der Waals surface area contributed by atoms with Crippen molar-refractivity contribution in [2.24, 2.45) is 142 Å². The molecule has 0 unspecified atom stereocenters. The second kappa shape index (κ2) is 28.9. The van der Waals surface area contributed by atoms with Crippen LogP contribution in [0.2, 0.25) is 0 Å². The van der Waals surface area contributed by atoms with Crippen molar-refractivity contribution in [3.8, 4) is 0 Å². The number of primary amides is 1. The topological polar surface area (TPSA) is 243 Å². The first-order valence-electron chi connectivity index (χ1n) is 43.2. The average Bonchev–Trinajstić information content (AvgIpc) is 0.681. The number of halogens is 3. The lowest BCUT2D eigenvalue weighted by atomic mass is 9.36. The second-order valence-corrected chi connectivity index (χ2v) is 44.4. The molecule has 9 saturated carbocycles. The molecule has 15 aliphatic rings. The molecule has 9 fully saturated rings. The number of rotatable bonds is 2. The molecule has 4 N–H and O–H groups in total. The zero-order chi connectivity index (χ0) is 85.9. The number of hydrogen-bond acceptors (Lipinski definition) is 12. The van der Waals surface area contributed by atoms with E-state index in [-0.39, 0.29) is 168 Å². The van der Waals surface area contributed by atoms with Crippen LogP contribution in [0.3, 0.4) is 0 Å². The fourth-order valence-corrected chi connectivity index (χ4v) is 28.6. The molecule has 0 aromatic rings. The Hall–Kier alpha value is -6.03. The number of ketones is 6. The summed E-state index contributed by atoms with van der Waals surface area (Å²) < 4.78 is 21.2. The van der Waals surface area contributed by atoms with E-state index in [1.54, 1.807) is 0 Å². The predicted octanol–water partition coefficient (Wildman–Crippen LogP) is 21.4. The van der Waals surface area contributed by atoms with Gasteiger partial charge in [0.15, 0.2) is 34.7 Å². The summed E-state index contributed by atoms with van der Waals surface area (Å²) >= 11 is 17.0. The van der Waals surface area contributed by atoms with Crippen LogP contribution in [-0.4, -0.2) is 78.5 Å². The van der Waals surface area contributed by atoms with E-state index in [1.807, 2.05) is 57.2 Å². The maximum absolute atomic E-state index is 14.5. The number of fused-ring (bicyclic) bond motifs is 21. The standard InChI is InChI=1S/C32H39Cl3N2O5.C30H40N2O4.C29H39NO3.3CH4/c1-17-18-8-9-29(5)22(28(18,4)16-20(36-7)24(17)39)14-21(38)23-19-15-27(2,3)10-12-31(19,13-11-30(23,29)6)42-26(41)37-25(40)32(33,34)35;1-17-18-8-9-28(5)22(27(18,4)16-20(32-7)24(17)34)14-21(33)23-19-15-26(2,3)10-12-30(19,36-25(31)35)13-11-29(23,28)6;1-17-18-8-9-27(5)22(26(18,4)16-20(30-7)24(17)32)14-21(31)23-19-15-25(2,3)10-12-29(19,33)13-11-28(23,27)6;;;/h14,16-19,23H,8-13,15H2,1-6H3,(H,37,40,41);14,16-19,23H,8-13,15H2,1-6H3,(H2,31,35);14,16-19,23,33H,8-13,15H2,1-6H3;3*1H4/t17-,18-,19-,23-,28-,29+,30+,31-;17-,18-,19-,23-,27-,28+,29+,30-;17-,18-,19-,23-,26-,27+,28+,29-;;;/m000.../s1/i;;;2*1T;. The van der Waals surface area contributed by atoms with Crippen molar-refractivity contribution in [1.29, 1.82) is 0 Å². The summed E-state index contributed by atoms with van der Waals surface area (Å²) in [4.78, 5) is 129. The number of alkyl carbamates (subject to hydrolysis) is 1. The molecule has 0 aromatic heterocycles. The summed E-state index contributed by atoms with van der Waals surface area (Å²) in [7, 11) is 2.50. The number of carbonyl (C=O) groups excluding carboxylic acids is 9. The maximum Gasteiger partial charge on any atom is 0.414 e. The molecule has 17 nitrogen and oxygen atoms in total. The minimum absolute atomic E-state index is 0. The molecule has 0 bridgehead atoms. The first-order chi connectivity index (χ1) is 53.1. The Labute approximate surface area is 697 Å². The van der Waals surface area contributed by atoms with Crippen molar-refractivity contribution in [2.45, 2.75) is 302 Å². The van der Waals surface area contributed by atoms with Crippen molar-refractivity contribution in [3.05, 3.63) is 105 Å². The van der Waals surface area contributed by atoms with Crippen LogP contribution in [-0.2, 0) is 43.0 Å². The Morgan fingerprint density at radius 3 is 1.05 bits per heavy atom. The van der Waals surface area contributed by atoms with Gasteiger partial charge in [0.2, 0.25) is 17.1 Å². The monoisotopic (exact) mass is 1630 g/mol. The molecular weight excluding hydrogens is 1500 g/mol. The second-order valence-electron chi connectivity index (χ2n) is 42.1. The fourth-order valence-electron chi connectivity index (χ4n) is 28.5. The fraction of sp³-hybridized carbons (Fsp3) is 0.745. The van der Waals surface area contributed by atoms with Gasteiger partial charge in [-0.05, 0) is 225 Å². The highest BCUT2D eigenvalue weighted by Gasteiger charge is 2.74. The Morgan fingerprint density at radius 2 is 0.737 bits per heavy atom. The number of Topliss-reactive ketones (excluding diaryl/α,β-unsaturated/α-hetero) is 3.